The topological polar surface area (TPSA) is 47.6 Å². The van der Waals surface area contributed by atoms with Gasteiger partial charge in [0, 0.05) is 24.1 Å². The van der Waals surface area contributed by atoms with Crippen LogP contribution in [0.2, 0.25) is 5.02 Å². The number of benzene rings is 2. The van der Waals surface area contributed by atoms with Crippen molar-refractivity contribution in [3.8, 4) is 17.6 Å². The van der Waals surface area contributed by atoms with Gasteiger partial charge in [0.25, 0.3) is 0 Å². The largest absolute Gasteiger partial charge is 0.495 e. The SMILES string of the molecule is COc1cc(Cl)ccc1C#CCCNC(=O)OCc1ccccc1. The first-order valence-corrected chi connectivity index (χ1v) is 7.84. The molecule has 0 unspecified atom stereocenters. The van der Waals surface area contributed by atoms with Crippen molar-refractivity contribution in [3.63, 3.8) is 0 Å². The van der Waals surface area contributed by atoms with Gasteiger partial charge in [-0.25, -0.2) is 4.79 Å². The molecular formula is C19H18ClNO3. The Balaban J connectivity index is 1.72. The Bertz CT molecular complexity index is 735. The van der Waals surface area contributed by atoms with E-state index in [1.807, 2.05) is 30.3 Å². The van der Waals surface area contributed by atoms with E-state index in [0.717, 1.165) is 11.1 Å². The third-order valence-corrected chi connectivity index (χ3v) is 3.35. The van der Waals surface area contributed by atoms with E-state index in [1.165, 1.54) is 0 Å². The molecule has 0 fully saturated rings. The van der Waals surface area contributed by atoms with E-state index >= 15 is 0 Å². The van der Waals surface area contributed by atoms with Crippen LogP contribution in [0.5, 0.6) is 5.75 Å². The number of nitrogens with one attached hydrogen (secondary N) is 1. The van der Waals surface area contributed by atoms with Gasteiger partial charge in [0.15, 0.2) is 0 Å². The highest BCUT2D eigenvalue weighted by Gasteiger charge is 2.02. The number of carbonyl (C=O) groups is 1. The van der Waals surface area contributed by atoms with Gasteiger partial charge in [-0.15, -0.1) is 0 Å². The molecule has 0 aliphatic rings. The zero-order chi connectivity index (χ0) is 17.2. The Morgan fingerprint density at radius 2 is 2.00 bits per heavy atom. The van der Waals surface area contributed by atoms with Crippen LogP contribution in [-0.4, -0.2) is 19.7 Å². The number of hydrogen-bond acceptors (Lipinski definition) is 3. The van der Waals surface area contributed by atoms with Gasteiger partial charge in [-0.2, -0.15) is 0 Å². The first kappa shape index (κ1) is 17.7. The van der Waals surface area contributed by atoms with Crippen molar-refractivity contribution in [2.45, 2.75) is 13.0 Å². The third-order valence-electron chi connectivity index (χ3n) is 3.12. The molecule has 5 heteroatoms. The molecule has 0 aliphatic heterocycles. The summed E-state index contributed by atoms with van der Waals surface area (Å²) in [5, 5.41) is 3.26. The molecule has 2 aromatic rings. The molecule has 0 saturated carbocycles. The zero-order valence-corrected chi connectivity index (χ0v) is 14.1. The molecule has 0 heterocycles. The second-order valence-electron chi connectivity index (χ2n) is 4.88. The molecule has 0 aromatic heterocycles. The van der Waals surface area contributed by atoms with Crippen LogP contribution in [0.4, 0.5) is 4.79 Å². The maximum atomic E-state index is 11.6. The maximum absolute atomic E-state index is 11.6. The lowest BCUT2D eigenvalue weighted by atomic mass is 10.2. The van der Waals surface area contributed by atoms with Gasteiger partial charge in [-0.3, -0.25) is 0 Å². The van der Waals surface area contributed by atoms with E-state index in [0.29, 0.717) is 23.7 Å². The van der Waals surface area contributed by atoms with Gasteiger partial charge < -0.3 is 14.8 Å². The maximum Gasteiger partial charge on any atom is 0.407 e. The molecule has 0 radical (unpaired) electrons. The first-order chi connectivity index (χ1) is 11.7. The van der Waals surface area contributed by atoms with Crippen molar-refractivity contribution in [2.24, 2.45) is 0 Å². The summed E-state index contributed by atoms with van der Waals surface area (Å²) in [5.41, 5.74) is 1.70. The quantitative estimate of drug-likeness (QED) is 0.659. The Labute approximate surface area is 146 Å². The summed E-state index contributed by atoms with van der Waals surface area (Å²) < 4.78 is 10.3. The molecule has 0 aliphatic carbocycles. The number of hydrogen-bond donors (Lipinski definition) is 1. The number of carbonyl (C=O) groups excluding carboxylic acids is 1. The molecule has 2 aromatic carbocycles. The highest BCUT2D eigenvalue weighted by molar-refractivity contribution is 6.30. The zero-order valence-electron chi connectivity index (χ0n) is 13.3. The van der Waals surface area contributed by atoms with Crippen molar-refractivity contribution in [3.05, 3.63) is 64.7 Å². The van der Waals surface area contributed by atoms with Crippen molar-refractivity contribution in [2.75, 3.05) is 13.7 Å². The lowest BCUT2D eigenvalue weighted by Gasteiger charge is -2.05. The predicted molar refractivity (Wildman–Crippen MR) is 94.1 cm³/mol. The Kier molecular flexibility index (Phi) is 7.00. The summed E-state index contributed by atoms with van der Waals surface area (Å²) in [7, 11) is 1.57. The molecule has 1 N–H and O–H groups in total. The second kappa shape index (κ2) is 9.49. The molecule has 24 heavy (non-hydrogen) atoms. The summed E-state index contributed by atoms with van der Waals surface area (Å²) in [4.78, 5) is 11.6. The minimum Gasteiger partial charge on any atom is -0.495 e. The second-order valence-corrected chi connectivity index (χ2v) is 5.32. The number of ether oxygens (including phenoxy) is 2. The van der Waals surface area contributed by atoms with Crippen LogP contribution in [-0.2, 0) is 11.3 Å². The number of methoxy groups -OCH3 is 1. The van der Waals surface area contributed by atoms with Gasteiger partial charge in [-0.05, 0) is 17.7 Å². The molecular weight excluding hydrogens is 326 g/mol. The van der Waals surface area contributed by atoms with Crippen LogP contribution in [0, 0.1) is 11.8 Å². The van der Waals surface area contributed by atoms with Crippen LogP contribution in [0.25, 0.3) is 0 Å². The van der Waals surface area contributed by atoms with Gasteiger partial charge in [0.1, 0.15) is 12.4 Å². The van der Waals surface area contributed by atoms with Crippen LogP contribution in [0.3, 0.4) is 0 Å². The average molecular weight is 344 g/mol. The van der Waals surface area contributed by atoms with E-state index in [4.69, 9.17) is 21.1 Å². The number of alkyl carbamates (subject to hydrolysis) is 1. The van der Waals surface area contributed by atoms with Crippen LogP contribution >= 0.6 is 11.6 Å². The smallest absolute Gasteiger partial charge is 0.407 e. The molecule has 0 saturated heterocycles. The van der Waals surface area contributed by atoms with Crippen molar-refractivity contribution in [1.82, 2.24) is 5.32 Å². The van der Waals surface area contributed by atoms with Crippen molar-refractivity contribution in [1.29, 1.82) is 0 Å². The minimum absolute atomic E-state index is 0.250. The fourth-order valence-corrected chi connectivity index (χ4v) is 2.09. The molecule has 0 spiro atoms. The average Bonchev–Trinajstić information content (AvgIpc) is 2.61. The molecule has 1 amide bonds. The lowest BCUT2D eigenvalue weighted by molar-refractivity contribution is 0.140. The molecule has 2 rings (SSSR count). The standard InChI is InChI=1S/C19H18ClNO3/c1-23-18-13-17(20)11-10-16(18)9-5-6-12-21-19(22)24-14-15-7-3-2-4-8-15/h2-4,7-8,10-11,13H,6,12,14H2,1H3,(H,21,22). The van der Waals surface area contributed by atoms with Crippen molar-refractivity contribution < 1.29 is 14.3 Å². The highest BCUT2D eigenvalue weighted by Crippen LogP contribution is 2.22. The van der Waals surface area contributed by atoms with Crippen LogP contribution in [0.15, 0.2) is 48.5 Å². The molecule has 0 atom stereocenters. The minimum atomic E-state index is -0.454. The summed E-state index contributed by atoms with van der Waals surface area (Å²) in [6.07, 6.45) is 0.0522. The lowest BCUT2D eigenvalue weighted by Crippen LogP contribution is -2.24. The Morgan fingerprint density at radius 1 is 1.21 bits per heavy atom. The predicted octanol–water partition coefficient (Wildman–Crippen LogP) is 4.02. The first-order valence-electron chi connectivity index (χ1n) is 7.46. The highest BCUT2D eigenvalue weighted by atomic mass is 35.5. The van der Waals surface area contributed by atoms with E-state index in [1.54, 1.807) is 25.3 Å². The van der Waals surface area contributed by atoms with Gasteiger partial charge in [0.05, 0.1) is 12.7 Å². The van der Waals surface area contributed by atoms with Crippen LogP contribution < -0.4 is 10.1 Å². The van der Waals surface area contributed by atoms with Gasteiger partial charge in [-0.1, -0.05) is 53.8 Å². The molecule has 0 bridgehead atoms. The molecule has 4 nitrogen and oxygen atoms in total. The number of rotatable bonds is 5. The van der Waals surface area contributed by atoms with E-state index in [-0.39, 0.29) is 6.61 Å². The number of halogens is 1. The van der Waals surface area contributed by atoms with Crippen molar-refractivity contribution >= 4 is 17.7 Å². The third kappa shape index (κ3) is 5.86. The van der Waals surface area contributed by atoms with Crippen LogP contribution in [0.1, 0.15) is 17.5 Å². The Morgan fingerprint density at radius 3 is 2.75 bits per heavy atom. The normalized spacial score (nSPS) is 9.58. The van der Waals surface area contributed by atoms with E-state index in [9.17, 15) is 4.79 Å². The number of amides is 1. The van der Waals surface area contributed by atoms with E-state index < -0.39 is 6.09 Å². The Hall–Kier alpha value is -2.64. The fraction of sp³-hybridized carbons (Fsp3) is 0.211. The van der Waals surface area contributed by atoms with Gasteiger partial charge >= 0.3 is 6.09 Å². The monoisotopic (exact) mass is 343 g/mol. The summed E-state index contributed by atoms with van der Waals surface area (Å²) in [5.74, 6) is 6.61. The van der Waals surface area contributed by atoms with E-state index in [2.05, 4.69) is 17.2 Å². The summed E-state index contributed by atoms with van der Waals surface area (Å²) in [6.45, 7) is 0.664. The summed E-state index contributed by atoms with van der Waals surface area (Å²) >= 11 is 5.90. The van der Waals surface area contributed by atoms with Gasteiger partial charge in [0.2, 0.25) is 0 Å². The molecule has 124 valence electrons. The summed E-state index contributed by atoms with van der Waals surface area (Å²) in [6, 6.07) is 14.8. The fourth-order valence-electron chi connectivity index (χ4n) is 1.93.